The highest BCUT2D eigenvalue weighted by molar-refractivity contribution is 7.87. The summed E-state index contributed by atoms with van der Waals surface area (Å²) in [5, 5.41) is 10.6. The van der Waals surface area contributed by atoms with Crippen molar-refractivity contribution < 1.29 is 18.9 Å². The zero-order valence-corrected chi connectivity index (χ0v) is 11.5. The zero-order valence-electron chi connectivity index (χ0n) is 10.7. The Balaban J connectivity index is 2.70. The van der Waals surface area contributed by atoms with Gasteiger partial charge in [-0.05, 0) is 18.9 Å². The molecule has 0 aromatic heterocycles. The van der Waals surface area contributed by atoms with Crippen molar-refractivity contribution in [3.05, 3.63) is 35.9 Å². The van der Waals surface area contributed by atoms with E-state index in [1.807, 2.05) is 6.07 Å². The van der Waals surface area contributed by atoms with Crippen LogP contribution in [0.2, 0.25) is 0 Å². The molecule has 2 unspecified atom stereocenters. The monoisotopic (exact) mass is 283 g/mol. The van der Waals surface area contributed by atoms with Gasteiger partial charge >= 0.3 is 5.97 Å². The highest BCUT2D eigenvalue weighted by Gasteiger charge is 2.26. The molecule has 1 rings (SSSR count). The topological polar surface area (TPSA) is 83.5 Å². The van der Waals surface area contributed by atoms with E-state index in [0.29, 0.717) is 6.54 Å². The Morgan fingerprint density at radius 3 is 2.47 bits per heavy atom. The standard InChI is InChI=1S/C13H17NO4S/c1-2-14-12(15)9-19(18)11(13(16)17)8-10-6-4-3-5-7-10/h3-7,11H,2,8-9H2,1H3,(H,14,15)(H,16,17). The largest absolute Gasteiger partial charge is 0.480 e. The van der Waals surface area contributed by atoms with Gasteiger partial charge in [-0.25, -0.2) is 0 Å². The maximum Gasteiger partial charge on any atom is 0.319 e. The molecule has 104 valence electrons. The van der Waals surface area contributed by atoms with Crippen molar-refractivity contribution in [1.82, 2.24) is 5.32 Å². The quantitative estimate of drug-likeness (QED) is 0.766. The first-order valence-corrected chi connectivity index (χ1v) is 7.33. The summed E-state index contributed by atoms with van der Waals surface area (Å²) in [5.74, 6) is -1.82. The summed E-state index contributed by atoms with van der Waals surface area (Å²) in [7, 11) is -1.73. The molecule has 0 radical (unpaired) electrons. The van der Waals surface area contributed by atoms with Gasteiger partial charge in [0.25, 0.3) is 0 Å². The van der Waals surface area contributed by atoms with E-state index < -0.39 is 22.0 Å². The predicted octanol–water partition coefficient (Wildman–Crippen LogP) is 0.567. The number of amides is 1. The van der Waals surface area contributed by atoms with Crippen LogP contribution in [0.1, 0.15) is 12.5 Å². The Morgan fingerprint density at radius 2 is 1.95 bits per heavy atom. The molecule has 0 fully saturated rings. The van der Waals surface area contributed by atoms with E-state index >= 15 is 0 Å². The fourth-order valence-corrected chi connectivity index (χ4v) is 2.76. The molecule has 0 saturated heterocycles. The Labute approximate surface area is 114 Å². The van der Waals surface area contributed by atoms with E-state index in [1.165, 1.54) is 0 Å². The van der Waals surface area contributed by atoms with Gasteiger partial charge in [-0.15, -0.1) is 0 Å². The highest BCUT2D eigenvalue weighted by atomic mass is 32.2. The van der Waals surface area contributed by atoms with Crippen molar-refractivity contribution in [2.75, 3.05) is 12.3 Å². The van der Waals surface area contributed by atoms with Crippen LogP contribution in [0.5, 0.6) is 0 Å². The van der Waals surface area contributed by atoms with Crippen LogP contribution >= 0.6 is 0 Å². The van der Waals surface area contributed by atoms with E-state index in [0.717, 1.165) is 5.56 Å². The van der Waals surface area contributed by atoms with Gasteiger partial charge < -0.3 is 10.4 Å². The number of benzene rings is 1. The van der Waals surface area contributed by atoms with Crippen molar-refractivity contribution in [3.63, 3.8) is 0 Å². The molecule has 0 saturated carbocycles. The molecule has 2 N–H and O–H groups in total. The SMILES string of the molecule is CCNC(=O)CS(=O)C(Cc1ccccc1)C(=O)O. The average molecular weight is 283 g/mol. The summed E-state index contributed by atoms with van der Waals surface area (Å²) in [5.41, 5.74) is 0.791. The van der Waals surface area contributed by atoms with Gasteiger partial charge in [-0.1, -0.05) is 30.3 Å². The van der Waals surface area contributed by atoms with E-state index in [4.69, 9.17) is 5.11 Å². The van der Waals surface area contributed by atoms with Crippen molar-refractivity contribution >= 4 is 22.7 Å². The molecule has 0 bridgehead atoms. The zero-order chi connectivity index (χ0) is 14.3. The van der Waals surface area contributed by atoms with Gasteiger partial charge in [0.05, 0.1) is 0 Å². The summed E-state index contributed by atoms with van der Waals surface area (Å²) >= 11 is 0. The van der Waals surface area contributed by atoms with Crippen molar-refractivity contribution in [2.45, 2.75) is 18.6 Å². The number of carbonyl (C=O) groups is 2. The normalized spacial score (nSPS) is 13.5. The van der Waals surface area contributed by atoms with Crippen LogP contribution in [0, 0.1) is 0 Å². The molecule has 0 aliphatic rings. The number of carboxylic acid groups (broad SMARTS) is 1. The molecule has 0 heterocycles. The lowest BCUT2D eigenvalue weighted by atomic mass is 10.1. The number of carbonyl (C=O) groups excluding carboxylic acids is 1. The van der Waals surface area contributed by atoms with Gasteiger partial charge in [0, 0.05) is 17.3 Å². The van der Waals surface area contributed by atoms with E-state index in [-0.39, 0.29) is 18.1 Å². The molecule has 2 atom stereocenters. The molecule has 1 aromatic carbocycles. The molecule has 5 nitrogen and oxygen atoms in total. The van der Waals surface area contributed by atoms with Crippen molar-refractivity contribution in [3.8, 4) is 0 Å². The van der Waals surface area contributed by atoms with E-state index in [9.17, 15) is 13.8 Å². The molecule has 6 heteroatoms. The fourth-order valence-electron chi connectivity index (χ4n) is 1.60. The van der Waals surface area contributed by atoms with Gasteiger partial charge in [-0.2, -0.15) is 0 Å². The van der Waals surface area contributed by atoms with Gasteiger partial charge in [0.2, 0.25) is 5.91 Å². The Kier molecular flexibility index (Phi) is 6.21. The van der Waals surface area contributed by atoms with Crippen LogP contribution in [-0.2, 0) is 26.8 Å². The van der Waals surface area contributed by atoms with Crippen LogP contribution in [0.25, 0.3) is 0 Å². The first-order valence-electron chi connectivity index (χ1n) is 5.95. The minimum atomic E-state index is -1.73. The maximum absolute atomic E-state index is 11.9. The Morgan fingerprint density at radius 1 is 1.32 bits per heavy atom. The summed E-state index contributed by atoms with van der Waals surface area (Å²) in [6.07, 6.45) is 0.155. The lowest BCUT2D eigenvalue weighted by Gasteiger charge is -2.12. The molecule has 0 aliphatic carbocycles. The van der Waals surface area contributed by atoms with Crippen LogP contribution in [0.4, 0.5) is 0 Å². The van der Waals surface area contributed by atoms with Crippen LogP contribution in [0.3, 0.4) is 0 Å². The predicted molar refractivity (Wildman–Crippen MR) is 73.3 cm³/mol. The second-order valence-corrected chi connectivity index (χ2v) is 5.61. The molecule has 0 spiro atoms. The number of hydrogen-bond donors (Lipinski definition) is 2. The van der Waals surface area contributed by atoms with Gasteiger partial charge in [0.1, 0.15) is 11.0 Å². The summed E-state index contributed by atoms with van der Waals surface area (Å²) < 4.78 is 11.9. The number of aliphatic carboxylic acids is 1. The first kappa shape index (κ1) is 15.4. The Hall–Kier alpha value is -1.69. The van der Waals surface area contributed by atoms with Crippen molar-refractivity contribution in [2.24, 2.45) is 0 Å². The van der Waals surface area contributed by atoms with Crippen LogP contribution in [0.15, 0.2) is 30.3 Å². The van der Waals surface area contributed by atoms with Crippen LogP contribution < -0.4 is 5.32 Å². The highest BCUT2D eigenvalue weighted by Crippen LogP contribution is 2.09. The summed E-state index contributed by atoms with van der Waals surface area (Å²) in [6.45, 7) is 2.19. The number of nitrogens with one attached hydrogen (secondary N) is 1. The number of carboxylic acids is 1. The number of rotatable bonds is 7. The smallest absolute Gasteiger partial charge is 0.319 e. The molecule has 19 heavy (non-hydrogen) atoms. The van der Waals surface area contributed by atoms with Crippen molar-refractivity contribution in [1.29, 1.82) is 0 Å². The Bertz CT molecular complexity index is 461. The lowest BCUT2D eigenvalue weighted by molar-refractivity contribution is -0.136. The average Bonchev–Trinajstić information content (AvgIpc) is 2.36. The third kappa shape index (κ3) is 5.21. The third-order valence-electron chi connectivity index (χ3n) is 2.50. The van der Waals surface area contributed by atoms with E-state index in [2.05, 4.69) is 5.32 Å². The second-order valence-electron chi connectivity index (χ2n) is 4.00. The molecule has 0 aliphatic heterocycles. The first-order chi connectivity index (χ1) is 9.04. The molecular weight excluding hydrogens is 266 g/mol. The number of hydrogen-bond acceptors (Lipinski definition) is 3. The molecular formula is C13H17NO4S. The summed E-state index contributed by atoms with van der Waals surface area (Å²) in [6, 6.07) is 8.96. The maximum atomic E-state index is 11.9. The minimum Gasteiger partial charge on any atom is -0.480 e. The summed E-state index contributed by atoms with van der Waals surface area (Å²) in [4.78, 5) is 22.5. The second kappa shape index (κ2) is 7.68. The molecule has 1 amide bonds. The lowest BCUT2D eigenvalue weighted by Crippen LogP contribution is -2.35. The fraction of sp³-hybridized carbons (Fsp3) is 0.385. The minimum absolute atomic E-state index is 0.155. The molecule has 1 aromatic rings. The van der Waals surface area contributed by atoms with Gasteiger partial charge in [0.15, 0.2) is 0 Å². The van der Waals surface area contributed by atoms with Crippen LogP contribution in [-0.4, -0.2) is 38.7 Å². The van der Waals surface area contributed by atoms with E-state index in [1.54, 1.807) is 31.2 Å². The third-order valence-corrected chi connectivity index (χ3v) is 4.05. The van der Waals surface area contributed by atoms with Gasteiger partial charge in [-0.3, -0.25) is 13.8 Å².